The molecule has 6 nitrogen and oxygen atoms in total. The van der Waals surface area contributed by atoms with Crippen LogP contribution in [0.25, 0.3) is 5.69 Å². The third-order valence-corrected chi connectivity index (χ3v) is 4.63. The molecule has 1 N–H and O–H groups in total. The second-order valence-corrected chi connectivity index (χ2v) is 6.58. The first-order chi connectivity index (χ1) is 13.4. The molecule has 144 valence electrons. The van der Waals surface area contributed by atoms with Crippen molar-refractivity contribution in [1.29, 1.82) is 0 Å². The van der Waals surface area contributed by atoms with Crippen LogP contribution in [0.3, 0.4) is 0 Å². The highest BCUT2D eigenvalue weighted by Crippen LogP contribution is 2.21. The average Bonchev–Trinajstić information content (AvgIpc) is 3.13. The van der Waals surface area contributed by atoms with E-state index in [1.165, 1.54) is 7.11 Å². The van der Waals surface area contributed by atoms with E-state index in [0.717, 1.165) is 22.5 Å². The van der Waals surface area contributed by atoms with Gasteiger partial charge in [0.15, 0.2) is 0 Å². The van der Waals surface area contributed by atoms with Gasteiger partial charge in [-0.2, -0.15) is 5.10 Å². The van der Waals surface area contributed by atoms with E-state index in [4.69, 9.17) is 4.74 Å². The molecule has 0 atom stereocenters. The molecule has 28 heavy (non-hydrogen) atoms. The number of esters is 1. The van der Waals surface area contributed by atoms with Crippen LogP contribution in [-0.4, -0.2) is 28.8 Å². The molecule has 0 aliphatic heterocycles. The fourth-order valence-electron chi connectivity index (χ4n) is 3.00. The van der Waals surface area contributed by atoms with Gasteiger partial charge in [-0.25, -0.2) is 9.48 Å². The van der Waals surface area contributed by atoms with Gasteiger partial charge >= 0.3 is 5.97 Å². The lowest BCUT2D eigenvalue weighted by atomic mass is 10.1. The summed E-state index contributed by atoms with van der Waals surface area (Å²) in [4.78, 5) is 24.7. The van der Waals surface area contributed by atoms with Gasteiger partial charge in [0.1, 0.15) is 0 Å². The highest BCUT2D eigenvalue weighted by molar-refractivity contribution is 6.06. The number of amides is 1. The second-order valence-electron chi connectivity index (χ2n) is 6.58. The first-order valence-corrected chi connectivity index (χ1v) is 9.08. The van der Waals surface area contributed by atoms with Crippen molar-refractivity contribution >= 4 is 17.6 Å². The molecule has 0 radical (unpaired) electrons. The van der Waals surface area contributed by atoms with E-state index in [9.17, 15) is 9.59 Å². The lowest BCUT2D eigenvalue weighted by Gasteiger charge is -2.11. The van der Waals surface area contributed by atoms with Crippen molar-refractivity contribution in [2.45, 2.75) is 27.2 Å². The number of benzene rings is 2. The number of hydrogen-bond donors (Lipinski definition) is 1. The van der Waals surface area contributed by atoms with Crippen LogP contribution in [0.15, 0.2) is 48.7 Å². The molecule has 0 aliphatic rings. The van der Waals surface area contributed by atoms with Crippen LogP contribution in [0.1, 0.15) is 44.5 Å². The Morgan fingerprint density at radius 3 is 2.46 bits per heavy atom. The number of nitrogens with zero attached hydrogens (tertiary/aromatic N) is 2. The van der Waals surface area contributed by atoms with Crippen LogP contribution < -0.4 is 5.32 Å². The zero-order valence-electron chi connectivity index (χ0n) is 16.4. The molecular weight excluding hydrogens is 354 g/mol. The van der Waals surface area contributed by atoms with E-state index in [2.05, 4.69) is 10.4 Å². The van der Waals surface area contributed by atoms with Crippen LogP contribution in [0.4, 0.5) is 5.69 Å². The summed E-state index contributed by atoms with van der Waals surface area (Å²) in [5.74, 6) is -0.711. The number of hydrogen-bond acceptors (Lipinski definition) is 4. The molecule has 1 heterocycles. The predicted molar refractivity (Wildman–Crippen MR) is 108 cm³/mol. The van der Waals surface area contributed by atoms with Gasteiger partial charge in [0.05, 0.1) is 35.8 Å². The van der Waals surface area contributed by atoms with Gasteiger partial charge in [-0.1, -0.05) is 30.7 Å². The van der Waals surface area contributed by atoms with Crippen molar-refractivity contribution in [3.63, 3.8) is 0 Å². The Bertz CT molecular complexity index is 1020. The van der Waals surface area contributed by atoms with Gasteiger partial charge in [0.25, 0.3) is 5.91 Å². The standard InChI is InChI=1S/C22H23N3O3/c1-5-20-18(13-23-25(20)17-10-6-14(2)7-11-17)21(26)24-19-12-16(22(27)28-4)9-8-15(19)3/h6-13H,5H2,1-4H3,(H,24,26). The van der Waals surface area contributed by atoms with Gasteiger partial charge in [-0.3, -0.25) is 4.79 Å². The Balaban J connectivity index is 1.92. The minimum atomic E-state index is -0.447. The van der Waals surface area contributed by atoms with E-state index in [1.54, 1.807) is 29.1 Å². The summed E-state index contributed by atoms with van der Waals surface area (Å²) in [6, 6.07) is 13.0. The third kappa shape index (κ3) is 3.81. The summed E-state index contributed by atoms with van der Waals surface area (Å²) >= 11 is 0. The Labute approximate surface area is 164 Å². The van der Waals surface area contributed by atoms with Gasteiger partial charge in [0.2, 0.25) is 0 Å². The molecule has 0 aliphatic carbocycles. The lowest BCUT2D eigenvalue weighted by Crippen LogP contribution is -2.15. The van der Waals surface area contributed by atoms with Crippen LogP contribution in [0, 0.1) is 13.8 Å². The molecule has 3 aromatic rings. The van der Waals surface area contributed by atoms with Crippen molar-refractivity contribution in [2.75, 3.05) is 12.4 Å². The molecule has 0 saturated heterocycles. The van der Waals surface area contributed by atoms with Crippen molar-refractivity contribution in [3.8, 4) is 5.69 Å². The number of methoxy groups -OCH3 is 1. The minimum absolute atomic E-state index is 0.264. The van der Waals surface area contributed by atoms with Gasteiger partial charge in [-0.15, -0.1) is 0 Å². The van der Waals surface area contributed by atoms with Crippen molar-refractivity contribution in [1.82, 2.24) is 9.78 Å². The minimum Gasteiger partial charge on any atom is -0.465 e. The van der Waals surface area contributed by atoms with E-state index >= 15 is 0 Å². The second kappa shape index (κ2) is 8.08. The van der Waals surface area contributed by atoms with Gasteiger partial charge in [0, 0.05) is 5.69 Å². The zero-order valence-corrected chi connectivity index (χ0v) is 16.4. The van der Waals surface area contributed by atoms with Gasteiger partial charge < -0.3 is 10.1 Å². The molecule has 3 rings (SSSR count). The monoisotopic (exact) mass is 377 g/mol. The number of nitrogens with one attached hydrogen (secondary N) is 1. The third-order valence-electron chi connectivity index (χ3n) is 4.63. The predicted octanol–water partition coefficient (Wildman–Crippen LogP) is 4.09. The molecule has 0 saturated carbocycles. The Hall–Kier alpha value is -3.41. The van der Waals surface area contributed by atoms with Crippen LogP contribution in [-0.2, 0) is 11.2 Å². The molecule has 1 amide bonds. The van der Waals surface area contributed by atoms with Crippen LogP contribution >= 0.6 is 0 Å². The summed E-state index contributed by atoms with van der Waals surface area (Å²) in [5.41, 5.74) is 5.20. The molecular formula is C22H23N3O3. The normalized spacial score (nSPS) is 10.6. The molecule has 1 aromatic heterocycles. The molecule has 0 fully saturated rings. The summed E-state index contributed by atoms with van der Waals surface area (Å²) in [5, 5.41) is 7.31. The number of aromatic nitrogens is 2. The number of anilines is 1. The quantitative estimate of drug-likeness (QED) is 0.680. The lowest BCUT2D eigenvalue weighted by molar-refractivity contribution is 0.0600. The van der Waals surface area contributed by atoms with E-state index in [-0.39, 0.29) is 5.91 Å². The molecule has 0 bridgehead atoms. The number of carbonyl (C=O) groups is 2. The first-order valence-electron chi connectivity index (χ1n) is 9.08. The van der Waals surface area contributed by atoms with Crippen LogP contribution in [0.2, 0.25) is 0 Å². The maximum atomic E-state index is 12.9. The largest absolute Gasteiger partial charge is 0.465 e. The Kier molecular flexibility index (Phi) is 5.59. The zero-order chi connectivity index (χ0) is 20.3. The highest BCUT2D eigenvalue weighted by Gasteiger charge is 2.18. The SMILES string of the molecule is CCc1c(C(=O)Nc2cc(C(=O)OC)ccc2C)cnn1-c1ccc(C)cc1. The molecule has 2 aromatic carbocycles. The summed E-state index contributed by atoms with van der Waals surface area (Å²) in [6.07, 6.45) is 2.23. The number of ether oxygens (including phenoxy) is 1. The Morgan fingerprint density at radius 2 is 1.82 bits per heavy atom. The highest BCUT2D eigenvalue weighted by atomic mass is 16.5. The van der Waals surface area contributed by atoms with E-state index < -0.39 is 5.97 Å². The van der Waals surface area contributed by atoms with E-state index in [0.29, 0.717) is 23.2 Å². The number of rotatable bonds is 5. The smallest absolute Gasteiger partial charge is 0.337 e. The molecule has 0 unspecified atom stereocenters. The molecule has 0 spiro atoms. The number of carbonyl (C=O) groups excluding carboxylic acids is 2. The maximum absolute atomic E-state index is 12.9. The summed E-state index contributed by atoms with van der Waals surface area (Å²) in [6.45, 7) is 5.88. The topological polar surface area (TPSA) is 73.2 Å². The fraction of sp³-hybridized carbons (Fsp3) is 0.227. The summed E-state index contributed by atoms with van der Waals surface area (Å²) in [7, 11) is 1.33. The average molecular weight is 377 g/mol. The first kappa shape index (κ1) is 19.4. The van der Waals surface area contributed by atoms with Gasteiger partial charge in [-0.05, 0) is 50.1 Å². The summed E-state index contributed by atoms with van der Waals surface area (Å²) < 4.78 is 6.54. The van der Waals surface area contributed by atoms with Crippen molar-refractivity contribution < 1.29 is 14.3 Å². The van der Waals surface area contributed by atoms with Crippen molar-refractivity contribution in [3.05, 3.63) is 76.6 Å². The van der Waals surface area contributed by atoms with E-state index in [1.807, 2.05) is 45.0 Å². The fourth-order valence-corrected chi connectivity index (χ4v) is 3.00. The van der Waals surface area contributed by atoms with Crippen molar-refractivity contribution in [2.24, 2.45) is 0 Å². The molecule has 6 heteroatoms. The Morgan fingerprint density at radius 1 is 1.11 bits per heavy atom. The maximum Gasteiger partial charge on any atom is 0.337 e. The number of aryl methyl sites for hydroxylation is 2. The van der Waals surface area contributed by atoms with Crippen LogP contribution in [0.5, 0.6) is 0 Å².